The van der Waals surface area contributed by atoms with Crippen molar-refractivity contribution in [3.63, 3.8) is 0 Å². The number of nitrogens with one attached hydrogen (secondary N) is 2. The third-order valence-electron chi connectivity index (χ3n) is 3.01. The van der Waals surface area contributed by atoms with Crippen molar-refractivity contribution < 1.29 is 13.2 Å². The number of amides is 2. The van der Waals surface area contributed by atoms with Crippen molar-refractivity contribution in [3.8, 4) is 0 Å². The fourth-order valence-electron chi connectivity index (χ4n) is 1.76. The van der Waals surface area contributed by atoms with Crippen LogP contribution in [0.5, 0.6) is 0 Å². The monoisotopic (exact) mass is 319 g/mol. The number of urea groups is 1. The lowest BCUT2D eigenvalue weighted by atomic mass is 10.3. The van der Waals surface area contributed by atoms with Crippen LogP contribution >= 0.6 is 0 Å². The van der Waals surface area contributed by atoms with Crippen molar-refractivity contribution in [2.45, 2.75) is 18.4 Å². The molecule has 0 aliphatic carbocycles. The molecule has 0 spiro atoms. The number of benzene rings is 1. The molecule has 0 atom stereocenters. The molecule has 2 amide bonds. The molecular weight excluding hydrogens is 302 g/mol. The van der Waals surface area contributed by atoms with E-state index >= 15 is 0 Å². The largest absolute Gasteiger partial charge is 0.332 e. The van der Waals surface area contributed by atoms with Gasteiger partial charge in [-0.1, -0.05) is 13.0 Å². The summed E-state index contributed by atoms with van der Waals surface area (Å²) in [5.74, 6) is 0.0460. The molecule has 2 rings (SSSR count). The Kier molecular flexibility index (Phi) is 5.11. The van der Waals surface area contributed by atoms with Crippen LogP contribution in [-0.4, -0.2) is 25.2 Å². The first-order chi connectivity index (χ1) is 10.5. The van der Waals surface area contributed by atoms with Gasteiger partial charge in [-0.3, -0.25) is 4.98 Å². The predicted molar refractivity (Wildman–Crippen MR) is 84.3 cm³/mol. The molecule has 0 saturated carbocycles. The number of pyridine rings is 1. The molecule has 1 aromatic heterocycles. The second-order valence-corrected chi connectivity index (χ2v) is 6.83. The smallest absolute Gasteiger partial charge is 0.319 e. The maximum absolute atomic E-state index is 11.8. The van der Waals surface area contributed by atoms with E-state index in [1.807, 2.05) is 12.1 Å². The van der Waals surface area contributed by atoms with E-state index < -0.39 is 9.84 Å². The Balaban J connectivity index is 1.92. The molecule has 22 heavy (non-hydrogen) atoms. The van der Waals surface area contributed by atoms with Crippen LogP contribution in [0.3, 0.4) is 0 Å². The van der Waals surface area contributed by atoms with Gasteiger partial charge in [0.2, 0.25) is 0 Å². The predicted octanol–water partition coefficient (Wildman–Crippen LogP) is 2.20. The van der Waals surface area contributed by atoms with Crippen LogP contribution < -0.4 is 10.6 Å². The molecule has 7 heteroatoms. The normalized spacial score (nSPS) is 11.0. The van der Waals surface area contributed by atoms with Crippen molar-refractivity contribution in [1.29, 1.82) is 0 Å². The summed E-state index contributed by atoms with van der Waals surface area (Å²) in [7, 11) is -3.23. The minimum Gasteiger partial charge on any atom is -0.332 e. The first-order valence-corrected chi connectivity index (χ1v) is 8.44. The third kappa shape index (κ3) is 4.29. The van der Waals surface area contributed by atoms with Crippen LogP contribution in [0.4, 0.5) is 10.5 Å². The molecule has 0 aliphatic rings. The molecule has 1 heterocycles. The zero-order chi connectivity index (χ0) is 16.0. The van der Waals surface area contributed by atoms with Crippen LogP contribution in [0.15, 0.2) is 53.6 Å². The van der Waals surface area contributed by atoms with Gasteiger partial charge in [0.25, 0.3) is 0 Å². The molecule has 0 aliphatic heterocycles. The lowest BCUT2D eigenvalue weighted by Gasteiger charge is -2.08. The SMILES string of the molecule is CCS(=O)(=O)c1ccc(NC(=O)NCc2ccccn2)cc1. The molecule has 0 saturated heterocycles. The van der Waals surface area contributed by atoms with Gasteiger partial charge in [0, 0.05) is 11.9 Å². The Morgan fingerprint density at radius 3 is 2.45 bits per heavy atom. The topological polar surface area (TPSA) is 88.2 Å². The van der Waals surface area contributed by atoms with Crippen molar-refractivity contribution in [1.82, 2.24) is 10.3 Å². The van der Waals surface area contributed by atoms with E-state index in [1.54, 1.807) is 31.3 Å². The standard InChI is InChI=1S/C15H17N3O3S/c1-2-22(20,21)14-8-6-12(7-9-14)18-15(19)17-11-13-5-3-4-10-16-13/h3-10H,2,11H2,1H3,(H2,17,18,19). The van der Waals surface area contributed by atoms with Gasteiger partial charge in [-0.15, -0.1) is 0 Å². The third-order valence-corrected chi connectivity index (χ3v) is 4.76. The Hall–Kier alpha value is -2.41. The first-order valence-electron chi connectivity index (χ1n) is 6.79. The maximum atomic E-state index is 11.8. The molecule has 6 nitrogen and oxygen atoms in total. The van der Waals surface area contributed by atoms with Gasteiger partial charge < -0.3 is 10.6 Å². The number of carbonyl (C=O) groups excluding carboxylic acids is 1. The molecule has 116 valence electrons. The van der Waals surface area contributed by atoms with Crippen molar-refractivity contribution in [2.24, 2.45) is 0 Å². The Bertz CT molecular complexity index is 728. The number of anilines is 1. The second-order valence-electron chi connectivity index (χ2n) is 4.56. The summed E-state index contributed by atoms with van der Waals surface area (Å²) in [6.07, 6.45) is 1.65. The molecule has 0 fully saturated rings. The quantitative estimate of drug-likeness (QED) is 0.884. The highest BCUT2D eigenvalue weighted by molar-refractivity contribution is 7.91. The molecule has 0 radical (unpaired) electrons. The number of sulfone groups is 1. The number of hydrogen-bond acceptors (Lipinski definition) is 4. The number of rotatable bonds is 5. The maximum Gasteiger partial charge on any atom is 0.319 e. The van der Waals surface area contributed by atoms with Gasteiger partial charge in [0.1, 0.15) is 0 Å². The minimum absolute atomic E-state index is 0.0460. The highest BCUT2D eigenvalue weighted by Crippen LogP contribution is 2.15. The number of hydrogen-bond donors (Lipinski definition) is 2. The molecule has 0 bridgehead atoms. The summed E-state index contributed by atoms with van der Waals surface area (Å²) < 4.78 is 23.4. The van der Waals surface area contributed by atoms with Crippen molar-refractivity contribution in [2.75, 3.05) is 11.1 Å². The van der Waals surface area contributed by atoms with Crippen LogP contribution in [0.25, 0.3) is 0 Å². The Morgan fingerprint density at radius 2 is 1.86 bits per heavy atom. The van der Waals surface area contributed by atoms with E-state index in [4.69, 9.17) is 0 Å². The summed E-state index contributed by atoms with van der Waals surface area (Å²) in [5.41, 5.74) is 1.27. The first kappa shape index (κ1) is 16.0. The molecular formula is C15H17N3O3S. The van der Waals surface area contributed by atoms with Gasteiger partial charge in [-0.05, 0) is 36.4 Å². The summed E-state index contributed by atoms with van der Waals surface area (Å²) in [6.45, 7) is 1.90. The Labute approximate surface area is 129 Å². The zero-order valence-corrected chi connectivity index (χ0v) is 12.9. The van der Waals surface area contributed by atoms with E-state index in [-0.39, 0.29) is 16.7 Å². The van der Waals surface area contributed by atoms with E-state index in [0.717, 1.165) is 5.69 Å². The van der Waals surface area contributed by atoms with Gasteiger partial charge >= 0.3 is 6.03 Å². The zero-order valence-electron chi connectivity index (χ0n) is 12.1. The van der Waals surface area contributed by atoms with Crippen molar-refractivity contribution >= 4 is 21.6 Å². The molecule has 2 aromatic rings. The fourth-order valence-corrected chi connectivity index (χ4v) is 2.65. The summed E-state index contributed by atoms with van der Waals surface area (Å²) >= 11 is 0. The van der Waals surface area contributed by atoms with Gasteiger partial charge in [-0.2, -0.15) is 0 Å². The second kappa shape index (κ2) is 7.04. The summed E-state index contributed by atoms with van der Waals surface area (Å²) in [6, 6.07) is 11.2. The van der Waals surface area contributed by atoms with Gasteiger partial charge in [0.05, 0.1) is 22.9 Å². The van der Waals surface area contributed by atoms with E-state index in [0.29, 0.717) is 12.2 Å². The molecule has 0 unspecified atom stereocenters. The number of nitrogens with zero attached hydrogens (tertiary/aromatic N) is 1. The summed E-state index contributed by atoms with van der Waals surface area (Å²) in [4.78, 5) is 16.1. The van der Waals surface area contributed by atoms with Crippen molar-refractivity contribution in [3.05, 3.63) is 54.4 Å². The van der Waals surface area contributed by atoms with Crippen LogP contribution in [-0.2, 0) is 16.4 Å². The van der Waals surface area contributed by atoms with Crippen LogP contribution in [0.2, 0.25) is 0 Å². The average Bonchev–Trinajstić information content (AvgIpc) is 2.54. The fraction of sp³-hybridized carbons (Fsp3) is 0.200. The van der Waals surface area contributed by atoms with E-state index in [2.05, 4.69) is 15.6 Å². The van der Waals surface area contributed by atoms with Gasteiger partial charge in [-0.25, -0.2) is 13.2 Å². The molecule has 2 N–H and O–H groups in total. The lowest BCUT2D eigenvalue weighted by Crippen LogP contribution is -2.28. The minimum atomic E-state index is -3.23. The Morgan fingerprint density at radius 1 is 1.14 bits per heavy atom. The number of carbonyl (C=O) groups is 1. The van der Waals surface area contributed by atoms with E-state index in [9.17, 15) is 13.2 Å². The van der Waals surface area contributed by atoms with E-state index in [1.165, 1.54) is 12.1 Å². The lowest BCUT2D eigenvalue weighted by molar-refractivity contribution is 0.251. The summed E-state index contributed by atoms with van der Waals surface area (Å²) in [5, 5.41) is 5.31. The van der Waals surface area contributed by atoms with Crippen LogP contribution in [0.1, 0.15) is 12.6 Å². The highest BCUT2D eigenvalue weighted by Gasteiger charge is 2.11. The molecule has 1 aromatic carbocycles. The number of aromatic nitrogens is 1. The highest BCUT2D eigenvalue weighted by atomic mass is 32.2. The van der Waals surface area contributed by atoms with Gasteiger partial charge in [0.15, 0.2) is 9.84 Å². The average molecular weight is 319 g/mol. The van der Waals surface area contributed by atoms with Crippen LogP contribution in [0, 0.1) is 0 Å².